The average molecular weight is 272 g/mol. The first-order chi connectivity index (χ1) is 8.50. The fraction of sp³-hybridized carbons (Fsp3) is 0.545. The lowest BCUT2D eigenvalue weighted by Crippen LogP contribution is -2.31. The molecular formula is C11H16N2O4S. The van der Waals surface area contributed by atoms with Gasteiger partial charge in [-0.05, 0) is 13.0 Å². The number of sulfone groups is 1. The van der Waals surface area contributed by atoms with Crippen LogP contribution in [0.1, 0.15) is 6.92 Å². The Morgan fingerprint density at radius 2 is 2.28 bits per heavy atom. The van der Waals surface area contributed by atoms with Crippen molar-refractivity contribution in [3.05, 3.63) is 18.3 Å². The van der Waals surface area contributed by atoms with E-state index in [1.165, 1.54) is 0 Å². The van der Waals surface area contributed by atoms with Gasteiger partial charge in [0.1, 0.15) is 0 Å². The topological polar surface area (TPSA) is 88.5 Å². The Balaban J connectivity index is 2.01. The van der Waals surface area contributed by atoms with Gasteiger partial charge in [0, 0.05) is 6.07 Å². The summed E-state index contributed by atoms with van der Waals surface area (Å²) in [6, 6.07) is 2.96. The first-order valence-corrected chi connectivity index (χ1v) is 7.56. The quantitative estimate of drug-likeness (QED) is 0.805. The maximum atomic E-state index is 11.3. The van der Waals surface area contributed by atoms with Gasteiger partial charge < -0.3 is 15.2 Å². The molecule has 2 N–H and O–H groups in total. The minimum Gasteiger partial charge on any atom is -0.478 e. The zero-order valence-electron chi connectivity index (χ0n) is 10.0. The van der Waals surface area contributed by atoms with Crippen LogP contribution < -0.4 is 10.1 Å². The van der Waals surface area contributed by atoms with Gasteiger partial charge in [-0.1, -0.05) is 0 Å². The summed E-state index contributed by atoms with van der Waals surface area (Å²) in [7, 11) is -3.14. The number of anilines is 1. The van der Waals surface area contributed by atoms with Crippen LogP contribution in [0.15, 0.2) is 18.3 Å². The summed E-state index contributed by atoms with van der Waals surface area (Å²) < 4.78 is 27.9. The van der Waals surface area contributed by atoms with Gasteiger partial charge in [0.25, 0.3) is 0 Å². The van der Waals surface area contributed by atoms with Crippen LogP contribution in [0.5, 0.6) is 5.88 Å². The van der Waals surface area contributed by atoms with E-state index in [0.29, 0.717) is 18.2 Å². The highest BCUT2D eigenvalue weighted by atomic mass is 32.2. The number of rotatable bonds is 4. The molecule has 0 bridgehead atoms. The van der Waals surface area contributed by atoms with Crippen LogP contribution in [0, 0.1) is 0 Å². The molecular weight excluding hydrogens is 256 g/mol. The number of hydrogen-bond acceptors (Lipinski definition) is 6. The van der Waals surface area contributed by atoms with Gasteiger partial charge in [0.2, 0.25) is 5.88 Å². The third kappa shape index (κ3) is 3.11. The molecule has 0 radical (unpaired) electrons. The molecule has 0 saturated carbocycles. The Bertz CT molecular complexity index is 500. The number of aliphatic hydroxyl groups excluding tert-OH is 1. The van der Waals surface area contributed by atoms with Crippen molar-refractivity contribution in [2.75, 3.05) is 23.4 Å². The van der Waals surface area contributed by atoms with Crippen molar-refractivity contribution in [2.24, 2.45) is 0 Å². The van der Waals surface area contributed by atoms with E-state index >= 15 is 0 Å². The van der Waals surface area contributed by atoms with Crippen LogP contribution in [-0.4, -0.2) is 48.8 Å². The Labute approximate surface area is 106 Å². The van der Waals surface area contributed by atoms with Gasteiger partial charge in [0.15, 0.2) is 9.84 Å². The molecule has 0 spiro atoms. The average Bonchev–Trinajstić information content (AvgIpc) is 2.55. The van der Waals surface area contributed by atoms with Gasteiger partial charge in [-0.15, -0.1) is 0 Å². The zero-order chi connectivity index (χ0) is 13.2. The van der Waals surface area contributed by atoms with E-state index in [0.717, 1.165) is 0 Å². The van der Waals surface area contributed by atoms with Gasteiger partial charge in [-0.3, -0.25) is 0 Å². The van der Waals surface area contributed by atoms with E-state index in [1.807, 2.05) is 6.92 Å². The van der Waals surface area contributed by atoms with Crippen molar-refractivity contribution >= 4 is 15.5 Å². The number of aromatic nitrogens is 1. The van der Waals surface area contributed by atoms with Gasteiger partial charge in [0.05, 0.1) is 42.1 Å². The molecule has 6 nitrogen and oxygen atoms in total. The van der Waals surface area contributed by atoms with Crippen molar-refractivity contribution in [2.45, 2.75) is 19.1 Å². The van der Waals surface area contributed by atoms with E-state index < -0.39 is 22.0 Å². The lowest BCUT2D eigenvalue weighted by atomic mass is 10.2. The maximum absolute atomic E-state index is 11.3. The minimum absolute atomic E-state index is 0.0542. The number of ether oxygens (including phenoxy) is 1. The lowest BCUT2D eigenvalue weighted by Gasteiger charge is -2.16. The summed E-state index contributed by atoms with van der Waals surface area (Å²) in [6.07, 6.45) is 0.685. The van der Waals surface area contributed by atoms with Crippen molar-refractivity contribution in [3.8, 4) is 5.88 Å². The number of nitrogens with zero attached hydrogens (tertiary/aromatic N) is 1. The van der Waals surface area contributed by atoms with Gasteiger partial charge >= 0.3 is 0 Å². The summed E-state index contributed by atoms with van der Waals surface area (Å²) >= 11 is 0. The zero-order valence-corrected chi connectivity index (χ0v) is 10.9. The molecule has 2 unspecified atom stereocenters. The van der Waals surface area contributed by atoms with E-state index in [1.54, 1.807) is 18.3 Å². The van der Waals surface area contributed by atoms with Crippen LogP contribution in [0.3, 0.4) is 0 Å². The van der Waals surface area contributed by atoms with Gasteiger partial charge in [-0.2, -0.15) is 0 Å². The van der Waals surface area contributed by atoms with Crippen molar-refractivity contribution in [1.82, 2.24) is 4.98 Å². The normalized spacial score (nSPS) is 25.9. The molecule has 0 aromatic carbocycles. The second kappa shape index (κ2) is 5.11. The Morgan fingerprint density at radius 1 is 1.50 bits per heavy atom. The molecule has 100 valence electrons. The van der Waals surface area contributed by atoms with Crippen molar-refractivity contribution in [1.29, 1.82) is 0 Å². The highest BCUT2D eigenvalue weighted by molar-refractivity contribution is 7.91. The fourth-order valence-corrected chi connectivity index (χ4v) is 3.62. The summed E-state index contributed by atoms with van der Waals surface area (Å²) in [4.78, 5) is 4.06. The second-order valence-electron chi connectivity index (χ2n) is 4.21. The second-order valence-corrected chi connectivity index (χ2v) is 6.37. The van der Waals surface area contributed by atoms with Crippen molar-refractivity contribution in [3.63, 3.8) is 0 Å². The van der Waals surface area contributed by atoms with Crippen LogP contribution >= 0.6 is 0 Å². The third-order valence-electron chi connectivity index (χ3n) is 2.70. The number of aliphatic hydroxyl groups is 1. The van der Waals surface area contributed by atoms with E-state index in [2.05, 4.69) is 10.3 Å². The smallest absolute Gasteiger partial charge is 0.213 e. The highest BCUT2D eigenvalue weighted by Crippen LogP contribution is 2.19. The molecule has 1 aliphatic heterocycles. The molecule has 18 heavy (non-hydrogen) atoms. The maximum Gasteiger partial charge on any atom is 0.213 e. The third-order valence-corrected chi connectivity index (χ3v) is 4.42. The van der Waals surface area contributed by atoms with Crippen LogP contribution in [0.25, 0.3) is 0 Å². The number of pyridine rings is 1. The predicted octanol–water partition coefficient (Wildman–Crippen LogP) is 0.0501. The van der Waals surface area contributed by atoms with Crippen LogP contribution in [0.4, 0.5) is 5.69 Å². The molecule has 0 aliphatic carbocycles. The molecule has 1 aromatic rings. The molecule has 2 rings (SSSR count). The van der Waals surface area contributed by atoms with Crippen molar-refractivity contribution < 1.29 is 18.3 Å². The molecule has 2 atom stereocenters. The Kier molecular flexibility index (Phi) is 3.72. The summed E-state index contributed by atoms with van der Waals surface area (Å²) in [5.74, 6) is 0.277. The standard InChI is InChI=1S/C11H16N2O4S/c1-2-17-11-4-3-8(5-12-11)13-9-6-18(15,16)7-10(9)14/h3-5,9-10,13-14H,2,6-7H2,1H3. The Hall–Kier alpha value is -1.34. The van der Waals surface area contributed by atoms with Crippen LogP contribution in [-0.2, 0) is 9.84 Å². The summed E-state index contributed by atoms with van der Waals surface area (Å²) in [5.41, 5.74) is 0.666. The molecule has 0 amide bonds. The predicted molar refractivity (Wildman–Crippen MR) is 67.5 cm³/mol. The molecule has 1 aliphatic rings. The lowest BCUT2D eigenvalue weighted by molar-refractivity contribution is 0.190. The molecule has 1 aromatic heterocycles. The SMILES string of the molecule is CCOc1ccc(NC2CS(=O)(=O)CC2O)cn1. The summed E-state index contributed by atoms with van der Waals surface area (Å²) in [5, 5.41) is 12.6. The molecule has 1 fully saturated rings. The molecule has 1 saturated heterocycles. The molecule has 7 heteroatoms. The van der Waals surface area contributed by atoms with E-state index in [4.69, 9.17) is 4.74 Å². The van der Waals surface area contributed by atoms with E-state index in [9.17, 15) is 13.5 Å². The number of hydrogen-bond donors (Lipinski definition) is 2. The first kappa shape index (κ1) is 13.1. The fourth-order valence-electron chi connectivity index (χ4n) is 1.88. The first-order valence-electron chi connectivity index (χ1n) is 5.74. The number of nitrogens with one attached hydrogen (secondary N) is 1. The molecule has 2 heterocycles. The highest BCUT2D eigenvalue weighted by Gasteiger charge is 2.36. The van der Waals surface area contributed by atoms with E-state index in [-0.39, 0.29) is 11.5 Å². The largest absolute Gasteiger partial charge is 0.478 e. The van der Waals surface area contributed by atoms with Crippen LogP contribution in [0.2, 0.25) is 0 Å². The van der Waals surface area contributed by atoms with Gasteiger partial charge in [-0.25, -0.2) is 13.4 Å². The monoisotopic (exact) mass is 272 g/mol. The Morgan fingerprint density at radius 3 is 2.78 bits per heavy atom. The minimum atomic E-state index is -3.14. The summed E-state index contributed by atoms with van der Waals surface area (Å²) in [6.45, 7) is 2.41.